The highest BCUT2D eigenvalue weighted by Gasteiger charge is 2.38. The first kappa shape index (κ1) is 19.5. The van der Waals surface area contributed by atoms with E-state index in [1.54, 1.807) is 31.2 Å². The number of amides is 2. The van der Waals surface area contributed by atoms with Crippen molar-refractivity contribution < 1.29 is 27.5 Å². The number of methoxy groups -OCH3 is 1. The molecular formula is C20H17F3N2O3. The molecule has 0 saturated heterocycles. The smallest absolute Gasteiger partial charge is 0.416 e. The third kappa shape index (κ3) is 3.58. The minimum absolute atomic E-state index is 0.0589. The van der Waals surface area contributed by atoms with Crippen LogP contribution in [0.1, 0.15) is 18.1 Å². The molecule has 28 heavy (non-hydrogen) atoms. The molecule has 1 aliphatic heterocycles. The average Bonchev–Trinajstić information content (AvgIpc) is 2.91. The fourth-order valence-electron chi connectivity index (χ4n) is 2.92. The second-order valence-electron chi connectivity index (χ2n) is 6.04. The summed E-state index contributed by atoms with van der Waals surface area (Å²) in [6, 6.07) is 11.0. The summed E-state index contributed by atoms with van der Waals surface area (Å²) >= 11 is 0. The molecule has 0 fully saturated rings. The van der Waals surface area contributed by atoms with Crippen molar-refractivity contribution >= 4 is 23.1 Å². The molecule has 5 nitrogen and oxygen atoms in total. The fraction of sp³-hybridized carbons (Fsp3) is 0.200. The van der Waals surface area contributed by atoms with Gasteiger partial charge in [0.1, 0.15) is 11.4 Å². The van der Waals surface area contributed by atoms with Gasteiger partial charge in [0, 0.05) is 12.2 Å². The van der Waals surface area contributed by atoms with Crippen LogP contribution in [0.25, 0.3) is 5.57 Å². The van der Waals surface area contributed by atoms with Gasteiger partial charge in [-0.3, -0.25) is 14.5 Å². The fourth-order valence-corrected chi connectivity index (χ4v) is 2.92. The molecular weight excluding hydrogens is 373 g/mol. The first-order chi connectivity index (χ1) is 13.3. The molecule has 1 aliphatic rings. The van der Waals surface area contributed by atoms with E-state index in [1.165, 1.54) is 19.2 Å². The standard InChI is InChI=1S/C20H17F3N2O3/c1-3-25-18(26)16(12-7-9-15(28-2)10-8-12)17(19(25)27)24-14-6-4-5-13(11-14)20(21,22)23/h4-11,24H,3H2,1-2H3. The molecule has 0 atom stereocenters. The van der Waals surface area contributed by atoms with E-state index >= 15 is 0 Å². The summed E-state index contributed by atoms with van der Waals surface area (Å²) in [5.41, 5.74) is -0.281. The molecule has 2 aromatic rings. The summed E-state index contributed by atoms with van der Waals surface area (Å²) in [5, 5.41) is 2.71. The zero-order chi connectivity index (χ0) is 20.5. The van der Waals surface area contributed by atoms with Crippen molar-refractivity contribution in [3.63, 3.8) is 0 Å². The number of anilines is 1. The number of ether oxygens (including phenoxy) is 1. The molecule has 1 heterocycles. The van der Waals surface area contributed by atoms with E-state index in [9.17, 15) is 22.8 Å². The lowest BCUT2D eigenvalue weighted by Crippen LogP contribution is -2.32. The molecule has 0 aliphatic carbocycles. The second kappa shape index (κ2) is 7.38. The van der Waals surface area contributed by atoms with Crippen molar-refractivity contribution in [2.75, 3.05) is 19.0 Å². The Labute approximate surface area is 159 Å². The highest BCUT2D eigenvalue weighted by atomic mass is 19.4. The average molecular weight is 390 g/mol. The van der Waals surface area contributed by atoms with Crippen LogP contribution in [0, 0.1) is 0 Å². The van der Waals surface area contributed by atoms with Gasteiger partial charge in [0.05, 0.1) is 18.2 Å². The Morgan fingerprint density at radius 2 is 1.71 bits per heavy atom. The Kier molecular flexibility index (Phi) is 5.13. The van der Waals surface area contributed by atoms with Crippen molar-refractivity contribution in [2.45, 2.75) is 13.1 Å². The van der Waals surface area contributed by atoms with Crippen LogP contribution in [0.5, 0.6) is 5.75 Å². The number of rotatable bonds is 5. The van der Waals surface area contributed by atoms with Crippen LogP contribution >= 0.6 is 0 Å². The van der Waals surface area contributed by atoms with Crippen LogP contribution in [-0.2, 0) is 15.8 Å². The number of benzene rings is 2. The summed E-state index contributed by atoms with van der Waals surface area (Å²) in [7, 11) is 1.50. The van der Waals surface area contributed by atoms with Crippen molar-refractivity contribution in [3.8, 4) is 5.75 Å². The minimum atomic E-state index is -4.52. The quantitative estimate of drug-likeness (QED) is 0.786. The van der Waals surface area contributed by atoms with Crippen LogP contribution in [0.2, 0.25) is 0 Å². The predicted molar refractivity (Wildman–Crippen MR) is 97.4 cm³/mol. The van der Waals surface area contributed by atoms with Crippen molar-refractivity contribution in [3.05, 3.63) is 65.4 Å². The van der Waals surface area contributed by atoms with Crippen molar-refractivity contribution in [1.82, 2.24) is 4.90 Å². The Bertz CT molecular complexity index is 950. The zero-order valence-electron chi connectivity index (χ0n) is 15.1. The number of hydrogen-bond donors (Lipinski definition) is 1. The van der Waals surface area contributed by atoms with Gasteiger partial charge in [0.15, 0.2) is 0 Å². The van der Waals surface area contributed by atoms with E-state index in [0.717, 1.165) is 17.0 Å². The number of carbonyl (C=O) groups excluding carboxylic acids is 2. The maximum Gasteiger partial charge on any atom is 0.416 e. The zero-order valence-corrected chi connectivity index (χ0v) is 15.1. The number of halogens is 3. The van der Waals surface area contributed by atoms with E-state index < -0.39 is 23.6 Å². The van der Waals surface area contributed by atoms with Crippen LogP contribution in [-0.4, -0.2) is 30.4 Å². The molecule has 0 spiro atoms. The van der Waals surface area contributed by atoms with Gasteiger partial charge in [0.25, 0.3) is 11.8 Å². The lowest BCUT2D eigenvalue weighted by molar-refractivity contribution is -0.138. The number of nitrogens with zero attached hydrogens (tertiary/aromatic N) is 1. The van der Waals surface area contributed by atoms with Gasteiger partial charge in [-0.2, -0.15) is 13.2 Å². The molecule has 2 aromatic carbocycles. The first-order valence-electron chi connectivity index (χ1n) is 8.45. The third-order valence-corrected chi connectivity index (χ3v) is 4.32. The molecule has 2 amide bonds. The SMILES string of the molecule is CCN1C(=O)C(Nc2cccc(C(F)(F)F)c2)=C(c2ccc(OC)cc2)C1=O. The number of nitrogens with one attached hydrogen (secondary N) is 1. The monoisotopic (exact) mass is 390 g/mol. The van der Waals surface area contributed by atoms with Crippen LogP contribution in [0.15, 0.2) is 54.2 Å². The van der Waals surface area contributed by atoms with Crippen molar-refractivity contribution in [2.24, 2.45) is 0 Å². The molecule has 0 bridgehead atoms. The predicted octanol–water partition coefficient (Wildman–Crippen LogP) is 3.93. The Hall–Kier alpha value is -3.29. The highest BCUT2D eigenvalue weighted by Crippen LogP contribution is 2.34. The van der Waals surface area contributed by atoms with Gasteiger partial charge < -0.3 is 10.1 Å². The maximum absolute atomic E-state index is 13.0. The number of carbonyl (C=O) groups is 2. The first-order valence-corrected chi connectivity index (χ1v) is 8.45. The van der Waals surface area contributed by atoms with Crippen molar-refractivity contribution in [1.29, 1.82) is 0 Å². The lowest BCUT2D eigenvalue weighted by atomic mass is 10.0. The normalized spacial score (nSPS) is 14.7. The van der Waals surface area contributed by atoms with E-state index in [2.05, 4.69) is 5.32 Å². The van der Waals surface area contributed by atoms with E-state index in [4.69, 9.17) is 4.74 Å². The highest BCUT2D eigenvalue weighted by molar-refractivity contribution is 6.36. The third-order valence-electron chi connectivity index (χ3n) is 4.32. The number of alkyl halides is 3. The van der Waals surface area contributed by atoms with E-state index in [0.29, 0.717) is 11.3 Å². The maximum atomic E-state index is 13.0. The van der Waals surface area contributed by atoms with E-state index in [-0.39, 0.29) is 23.5 Å². The molecule has 0 radical (unpaired) electrons. The summed E-state index contributed by atoms with van der Waals surface area (Å²) in [6.07, 6.45) is -4.52. The molecule has 146 valence electrons. The number of imide groups is 1. The van der Waals surface area contributed by atoms with Crippen LogP contribution < -0.4 is 10.1 Å². The molecule has 0 saturated carbocycles. The lowest BCUT2D eigenvalue weighted by Gasteiger charge is -2.13. The molecule has 3 rings (SSSR count). The van der Waals surface area contributed by atoms with Gasteiger partial charge in [-0.15, -0.1) is 0 Å². The second-order valence-corrected chi connectivity index (χ2v) is 6.04. The Morgan fingerprint density at radius 3 is 2.29 bits per heavy atom. The van der Waals surface area contributed by atoms with Gasteiger partial charge in [0.2, 0.25) is 0 Å². The Morgan fingerprint density at radius 1 is 1.04 bits per heavy atom. The summed E-state index contributed by atoms with van der Waals surface area (Å²) in [5.74, 6) is -0.524. The number of likely N-dealkylation sites (N-methyl/N-ethyl adjacent to an activating group) is 1. The summed E-state index contributed by atoms with van der Waals surface area (Å²) in [4.78, 5) is 26.4. The topological polar surface area (TPSA) is 58.6 Å². The largest absolute Gasteiger partial charge is 0.497 e. The van der Waals surface area contributed by atoms with Gasteiger partial charge in [-0.05, 0) is 42.8 Å². The molecule has 0 aromatic heterocycles. The van der Waals surface area contributed by atoms with Gasteiger partial charge in [-0.25, -0.2) is 0 Å². The van der Waals surface area contributed by atoms with Crippen LogP contribution in [0.3, 0.4) is 0 Å². The van der Waals surface area contributed by atoms with Gasteiger partial charge >= 0.3 is 6.18 Å². The molecule has 8 heteroatoms. The van der Waals surface area contributed by atoms with E-state index in [1.807, 2.05) is 0 Å². The number of hydrogen-bond acceptors (Lipinski definition) is 4. The molecule has 0 unspecified atom stereocenters. The van der Waals surface area contributed by atoms with Crippen LogP contribution in [0.4, 0.5) is 18.9 Å². The summed E-state index contributed by atoms with van der Waals surface area (Å²) in [6.45, 7) is 1.79. The minimum Gasteiger partial charge on any atom is -0.497 e. The summed E-state index contributed by atoms with van der Waals surface area (Å²) < 4.78 is 44.0. The molecule has 1 N–H and O–H groups in total. The Balaban J connectivity index is 2.06. The van der Waals surface area contributed by atoms with Gasteiger partial charge in [-0.1, -0.05) is 18.2 Å².